The van der Waals surface area contributed by atoms with Gasteiger partial charge in [-0.2, -0.15) is 0 Å². The van der Waals surface area contributed by atoms with E-state index in [-0.39, 0.29) is 5.91 Å². The van der Waals surface area contributed by atoms with E-state index >= 15 is 0 Å². The number of hydrogen-bond acceptors (Lipinski definition) is 4. The second-order valence-electron chi connectivity index (χ2n) is 5.23. The van der Waals surface area contributed by atoms with Gasteiger partial charge in [0.15, 0.2) is 0 Å². The molecule has 0 radical (unpaired) electrons. The van der Waals surface area contributed by atoms with Crippen molar-refractivity contribution in [2.24, 2.45) is 0 Å². The molecule has 3 aromatic rings. The predicted molar refractivity (Wildman–Crippen MR) is 86.9 cm³/mol. The van der Waals surface area contributed by atoms with Gasteiger partial charge in [0.25, 0.3) is 5.91 Å². The van der Waals surface area contributed by atoms with Crippen LogP contribution in [-0.4, -0.2) is 33.2 Å². The molecular formula is C17H17N5O. The Labute approximate surface area is 134 Å². The van der Waals surface area contributed by atoms with Crippen molar-refractivity contribution in [3.05, 3.63) is 72.6 Å². The summed E-state index contributed by atoms with van der Waals surface area (Å²) < 4.78 is 1.51. The molecule has 1 heterocycles. The van der Waals surface area contributed by atoms with Gasteiger partial charge < -0.3 is 4.90 Å². The van der Waals surface area contributed by atoms with E-state index in [0.717, 1.165) is 11.3 Å². The smallest absolute Gasteiger partial charge is 0.252 e. The van der Waals surface area contributed by atoms with Crippen molar-refractivity contribution >= 4 is 11.6 Å². The van der Waals surface area contributed by atoms with Crippen molar-refractivity contribution in [3.8, 4) is 0 Å². The molecule has 1 amide bonds. The summed E-state index contributed by atoms with van der Waals surface area (Å²) in [6, 6.07) is 18.9. The van der Waals surface area contributed by atoms with Gasteiger partial charge in [-0.1, -0.05) is 48.5 Å². The number of aromatic nitrogens is 4. The molecule has 0 N–H and O–H groups in total. The van der Waals surface area contributed by atoms with Gasteiger partial charge in [0.05, 0.1) is 0 Å². The van der Waals surface area contributed by atoms with Gasteiger partial charge in [0.1, 0.15) is 12.4 Å². The zero-order valence-electron chi connectivity index (χ0n) is 12.8. The van der Waals surface area contributed by atoms with Crippen LogP contribution in [0, 0.1) is 0 Å². The largest absolute Gasteiger partial charge is 0.314 e. The molecule has 0 aliphatic heterocycles. The number of anilines is 1. The molecule has 0 saturated heterocycles. The highest BCUT2D eigenvalue weighted by Gasteiger charge is 2.26. The Morgan fingerprint density at radius 2 is 1.74 bits per heavy atom. The van der Waals surface area contributed by atoms with Crippen LogP contribution in [0.2, 0.25) is 0 Å². The van der Waals surface area contributed by atoms with E-state index < -0.39 is 6.04 Å². The summed E-state index contributed by atoms with van der Waals surface area (Å²) in [5.41, 5.74) is 1.89. The van der Waals surface area contributed by atoms with Crippen molar-refractivity contribution in [2.45, 2.75) is 12.5 Å². The number of carbonyl (C=O) groups is 1. The van der Waals surface area contributed by atoms with Crippen molar-refractivity contribution in [2.75, 3.05) is 11.9 Å². The number of hydrogen-bond donors (Lipinski definition) is 0. The summed E-state index contributed by atoms with van der Waals surface area (Å²) in [5.74, 6) is -0.0626. The van der Waals surface area contributed by atoms with Gasteiger partial charge in [-0.25, -0.2) is 4.68 Å². The molecule has 1 atom stereocenters. The highest BCUT2D eigenvalue weighted by molar-refractivity contribution is 5.95. The third kappa shape index (κ3) is 3.42. The molecule has 1 unspecified atom stereocenters. The average Bonchev–Trinajstić information content (AvgIpc) is 3.14. The van der Waals surface area contributed by atoms with Crippen molar-refractivity contribution in [3.63, 3.8) is 0 Å². The molecule has 23 heavy (non-hydrogen) atoms. The minimum atomic E-state index is -0.488. The zero-order valence-corrected chi connectivity index (χ0v) is 12.8. The van der Waals surface area contributed by atoms with E-state index in [9.17, 15) is 4.79 Å². The zero-order chi connectivity index (χ0) is 16.1. The third-order valence-corrected chi connectivity index (χ3v) is 3.72. The molecule has 0 fully saturated rings. The maximum Gasteiger partial charge on any atom is 0.252 e. The molecule has 1 aromatic heterocycles. The third-order valence-electron chi connectivity index (χ3n) is 3.72. The maximum atomic E-state index is 13.0. The molecule has 0 spiro atoms. The van der Waals surface area contributed by atoms with Gasteiger partial charge >= 0.3 is 0 Å². The Bertz CT molecular complexity index is 743. The highest BCUT2D eigenvalue weighted by atomic mass is 16.2. The Balaban J connectivity index is 1.87. The number of benzene rings is 2. The summed E-state index contributed by atoms with van der Waals surface area (Å²) >= 11 is 0. The van der Waals surface area contributed by atoms with E-state index in [2.05, 4.69) is 15.5 Å². The van der Waals surface area contributed by atoms with E-state index in [1.165, 1.54) is 11.0 Å². The topological polar surface area (TPSA) is 63.9 Å². The van der Waals surface area contributed by atoms with E-state index in [1.807, 2.05) is 60.7 Å². The number of amides is 1. The summed E-state index contributed by atoms with van der Waals surface area (Å²) in [5, 5.41) is 11.2. The van der Waals surface area contributed by atoms with Crippen LogP contribution in [0.4, 0.5) is 5.69 Å². The van der Waals surface area contributed by atoms with Gasteiger partial charge in [-0.3, -0.25) is 4.79 Å². The molecule has 6 heteroatoms. The second kappa shape index (κ2) is 6.83. The fourth-order valence-electron chi connectivity index (χ4n) is 2.44. The van der Waals surface area contributed by atoms with Crippen molar-refractivity contribution in [1.82, 2.24) is 20.2 Å². The molecule has 0 aliphatic carbocycles. The summed E-state index contributed by atoms with van der Waals surface area (Å²) in [4.78, 5) is 14.6. The number of carbonyl (C=O) groups excluding carboxylic acids is 1. The first-order chi connectivity index (χ1) is 11.3. The van der Waals surface area contributed by atoms with Crippen LogP contribution >= 0.6 is 0 Å². The summed E-state index contributed by atoms with van der Waals surface area (Å²) in [6.07, 6.45) is 2.01. The number of likely N-dealkylation sites (N-methyl/N-ethyl adjacent to an activating group) is 1. The number of rotatable bonds is 5. The predicted octanol–water partition coefficient (Wildman–Crippen LogP) is 2.12. The summed E-state index contributed by atoms with van der Waals surface area (Å²) in [6.45, 7) is 0. The Kier molecular flexibility index (Phi) is 4.42. The molecule has 6 nitrogen and oxygen atoms in total. The lowest BCUT2D eigenvalue weighted by molar-refractivity contribution is -0.121. The molecule has 0 bridgehead atoms. The van der Waals surface area contributed by atoms with Crippen LogP contribution in [0.3, 0.4) is 0 Å². The van der Waals surface area contributed by atoms with Crippen LogP contribution in [0.15, 0.2) is 67.0 Å². The normalized spacial score (nSPS) is 11.9. The average molecular weight is 307 g/mol. The SMILES string of the molecule is CN(C(=O)C(Cc1ccccc1)n1cnnn1)c1ccccc1. The highest BCUT2D eigenvalue weighted by Crippen LogP contribution is 2.20. The second-order valence-corrected chi connectivity index (χ2v) is 5.23. The van der Waals surface area contributed by atoms with E-state index in [1.54, 1.807) is 11.9 Å². The lowest BCUT2D eigenvalue weighted by Gasteiger charge is -2.23. The van der Waals surface area contributed by atoms with Gasteiger partial charge in [0.2, 0.25) is 0 Å². The molecule has 0 saturated carbocycles. The molecule has 3 rings (SSSR count). The van der Waals surface area contributed by atoms with Crippen LogP contribution in [0.5, 0.6) is 0 Å². The fraction of sp³-hybridized carbons (Fsp3) is 0.176. The maximum absolute atomic E-state index is 13.0. The van der Waals surface area contributed by atoms with Crippen LogP contribution in [0.1, 0.15) is 11.6 Å². The quantitative estimate of drug-likeness (QED) is 0.724. The number of para-hydroxylation sites is 1. The molecule has 0 aliphatic rings. The number of tetrazole rings is 1. The van der Waals surface area contributed by atoms with Crippen LogP contribution in [0.25, 0.3) is 0 Å². The Hall–Kier alpha value is -3.02. The molecule has 116 valence electrons. The van der Waals surface area contributed by atoms with Gasteiger partial charge in [0, 0.05) is 19.2 Å². The molecule has 2 aromatic carbocycles. The summed E-state index contributed by atoms with van der Waals surface area (Å²) in [7, 11) is 1.76. The van der Waals surface area contributed by atoms with Gasteiger partial charge in [-0.05, 0) is 28.1 Å². The first kappa shape index (κ1) is 14.9. The Morgan fingerprint density at radius 1 is 1.09 bits per heavy atom. The van der Waals surface area contributed by atoms with Crippen LogP contribution in [-0.2, 0) is 11.2 Å². The molecular weight excluding hydrogens is 290 g/mol. The standard InChI is InChI=1S/C17H17N5O/c1-21(15-10-6-3-7-11-15)17(23)16(22-13-18-19-20-22)12-14-8-4-2-5-9-14/h2-11,13,16H,12H2,1H3. The number of nitrogens with zero attached hydrogens (tertiary/aromatic N) is 5. The first-order valence-electron chi connectivity index (χ1n) is 7.34. The Morgan fingerprint density at radius 3 is 2.35 bits per heavy atom. The minimum absolute atomic E-state index is 0.0626. The van der Waals surface area contributed by atoms with Crippen molar-refractivity contribution in [1.29, 1.82) is 0 Å². The van der Waals surface area contributed by atoms with E-state index in [4.69, 9.17) is 0 Å². The van der Waals surface area contributed by atoms with Crippen molar-refractivity contribution < 1.29 is 4.79 Å². The van der Waals surface area contributed by atoms with Gasteiger partial charge in [-0.15, -0.1) is 5.10 Å². The first-order valence-corrected chi connectivity index (χ1v) is 7.34. The minimum Gasteiger partial charge on any atom is -0.314 e. The fourth-order valence-corrected chi connectivity index (χ4v) is 2.44. The lowest BCUT2D eigenvalue weighted by atomic mass is 10.0. The lowest BCUT2D eigenvalue weighted by Crippen LogP contribution is -2.36. The monoisotopic (exact) mass is 307 g/mol. The van der Waals surface area contributed by atoms with E-state index in [0.29, 0.717) is 6.42 Å². The van der Waals surface area contributed by atoms with Crippen LogP contribution < -0.4 is 4.90 Å².